The van der Waals surface area contributed by atoms with Crippen LogP contribution in [0.15, 0.2) is 84.0 Å². The van der Waals surface area contributed by atoms with Gasteiger partial charge < -0.3 is 9.47 Å². The van der Waals surface area contributed by atoms with Crippen molar-refractivity contribution >= 4 is 34.5 Å². The molecule has 5 rings (SSSR count). The van der Waals surface area contributed by atoms with Gasteiger partial charge in [0.1, 0.15) is 6.61 Å². The molecular formula is C27H19N3O6. The molecule has 36 heavy (non-hydrogen) atoms. The van der Waals surface area contributed by atoms with E-state index >= 15 is 0 Å². The normalized spacial score (nSPS) is 12.9. The first-order valence-electron chi connectivity index (χ1n) is 11.0. The molecule has 0 fully saturated rings. The van der Waals surface area contributed by atoms with Crippen molar-refractivity contribution in [2.45, 2.75) is 6.61 Å². The predicted molar refractivity (Wildman–Crippen MR) is 132 cm³/mol. The quantitative estimate of drug-likeness (QED) is 0.160. The third-order valence-electron chi connectivity index (χ3n) is 5.81. The topological polar surface area (TPSA) is 111 Å². The lowest BCUT2D eigenvalue weighted by molar-refractivity contribution is -0.383. The lowest BCUT2D eigenvalue weighted by atomic mass is 9.94. The number of nitro benzene ring substituents is 1. The first-order valence-corrected chi connectivity index (χ1v) is 11.0. The van der Waals surface area contributed by atoms with Crippen LogP contribution in [0.4, 0.5) is 5.69 Å². The van der Waals surface area contributed by atoms with Gasteiger partial charge in [0.2, 0.25) is 0 Å². The van der Waals surface area contributed by atoms with Gasteiger partial charge in [-0.2, -0.15) is 10.1 Å². The molecular weight excluding hydrogens is 462 g/mol. The Morgan fingerprint density at radius 3 is 2.39 bits per heavy atom. The fourth-order valence-corrected chi connectivity index (χ4v) is 4.08. The first-order chi connectivity index (χ1) is 17.5. The lowest BCUT2D eigenvalue weighted by Crippen LogP contribution is -2.36. The number of carbonyl (C=O) groups is 2. The summed E-state index contributed by atoms with van der Waals surface area (Å²) in [5.41, 5.74) is 1.75. The molecule has 0 aromatic heterocycles. The number of methoxy groups -OCH3 is 1. The van der Waals surface area contributed by atoms with Crippen LogP contribution in [0.5, 0.6) is 11.5 Å². The largest absolute Gasteiger partial charge is 0.493 e. The maximum absolute atomic E-state index is 13.1. The fourth-order valence-electron chi connectivity index (χ4n) is 4.08. The zero-order chi connectivity index (χ0) is 25.2. The summed E-state index contributed by atoms with van der Waals surface area (Å²) in [6, 6.07) is 22.0. The molecule has 0 saturated carbocycles. The summed E-state index contributed by atoms with van der Waals surface area (Å²) < 4.78 is 11.3. The summed E-state index contributed by atoms with van der Waals surface area (Å²) in [4.78, 5) is 37.0. The Hall–Kier alpha value is -5.05. The van der Waals surface area contributed by atoms with Crippen LogP contribution in [0, 0.1) is 10.1 Å². The standard InChI is InChI=1S/C27H19N3O6/c1-35-24-14-18(10-13-23(24)36-16-17-6-3-2-4-7-17)15-28-29-26(31)20-9-5-8-19-22(30(33)34)12-11-21(25(19)20)27(29)32/h2-15H,16H2,1H3. The third kappa shape index (κ3) is 4.03. The SMILES string of the molecule is COc1cc(C=NN2C(=O)c3cccc4c([N+](=O)[O-])ccc(c34)C2=O)ccc1OCc1ccccc1. The molecule has 0 atom stereocenters. The van der Waals surface area contributed by atoms with E-state index in [2.05, 4.69) is 5.10 Å². The van der Waals surface area contributed by atoms with Crippen LogP contribution in [-0.4, -0.2) is 35.1 Å². The van der Waals surface area contributed by atoms with Crippen LogP contribution in [0.1, 0.15) is 31.8 Å². The van der Waals surface area contributed by atoms with Crippen LogP contribution in [0.25, 0.3) is 10.8 Å². The monoisotopic (exact) mass is 481 g/mol. The van der Waals surface area contributed by atoms with Crippen molar-refractivity contribution in [3.05, 3.63) is 111 Å². The number of non-ortho nitro benzene ring substituents is 1. The molecule has 4 aromatic carbocycles. The Balaban J connectivity index is 1.41. The van der Waals surface area contributed by atoms with Crippen molar-refractivity contribution in [3.8, 4) is 11.5 Å². The second-order valence-electron chi connectivity index (χ2n) is 7.97. The molecule has 0 N–H and O–H groups in total. The van der Waals surface area contributed by atoms with Crippen molar-refractivity contribution in [1.82, 2.24) is 5.01 Å². The molecule has 0 unspecified atom stereocenters. The van der Waals surface area contributed by atoms with E-state index in [1.54, 1.807) is 24.3 Å². The summed E-state index contributed by atoms with van der Waals surface area (Å²) in [6.45, 7) is 0.366. The molecule has 9 heteroatoms. The summed E-state index contributed by atoms with van der Waals surface area (Å²) in [5, 5.41) is 16.8. The molecule has 2 amide bonds. The zero-order valence-electron chi connectivity index (χ0n) is 19.1. The second-order valence-corrected chi connectivity index (χ2v) is 7.97. The van der Waals surface area contributed by atoms with E-state index in [1.807, 2.05) is 30.3 Å². The van der Waals surface area contributed by atoms with Crippen LogP contribution in [0.3, 0.4) is 0 Å². The summed E-state index contributed by atoms with van der Waals surface area (Å²) >= 11 is 0. The first kappa shape index (κ1) is 22.7. The summed E-state index contributed by atoms with van der Waals surface area (Å²) in [5.74, 6) is -0.325. The highest BCUT2D eigenvalue weighted by atomic mass is 16.6. The van der Waals surface area contributed by atoms with E-state index in [0.717, 1.165) is 10.6 Å². The van der Waals surface area contributed by atoms with Crippen LogP contribution >= 0.6 is 0 Å². The molecule has 0 spiro atoms. The molecule has 4 aromatic rings. The number of hydrazone groups is 1. The number of ether oxygens (including phenoxy) is 2. The Bertz CT molecular complexity index is 1530. The van der Waals surface area contributed by atoms with Crippen LogP contribution in [0.2, 0.25) is 0 Å². The predicted octanol–water partition coefficient (Wildman–Crippen LogP) is 4.97. The average Bonchev–Trinajstić information content (AvgIpc) is 2.90. The van der Waals surface area contributed by atoms with Gasteiger partial charge in [0, 0.05) is 11.5 Å². The highest BCUT2D eigenvalue weighted by Crippen LogP contribution is 2.35. The van der Waals surface area contributed by atoms with Crippen molar-refractivity contribution in [3.63, 3.8) is 0 Å². The Kier molecular flexibility index (Phi) is 5.87. The Morgan fingerprint density at radius 2 is 1.67 bits per heavy atom. The van der Waals surface area contributed by atoms with Gasteiger partial charge >= 0.3 is 0 Å². The highest BCUT2D eigenvalue weighted by Gasteiger charge is 2.34. The third-order valence-corrected chi connectivity index (χ3v) is 5.81. The smallest absolute Gasteiger partial charge is 0.282 e. The minimum atomic E-state index is -0.662. The van der Waals surface area contributed by atoms with Crippen molar-refractivity contribution in [1.29, 1.82) is 0 Å². The van der Waals surface area contributed by atoms with Gasteiger partial charge in [0.15, 0.2) is 11.5 Å². The fraction of sp³-hybridized carbons (Fsp3) is 0.0741. The molecule has 0 saturated heterocycles. The molecule has 9 nitrogen and oxygen atoms in total. The number of hydrogen-bond donors (Lipinski definition) is 0. The molecule has 1 heterocycles. The van der Waals surface area contributed by atoms with Gasteiger partial charge in [-0.15, -0.1) is 0 Å². The van der Waals surface area contributed by atoms with E-state index in [1.165, 1.54) is 37.6 Å². The van der Waals surface area contributed by atoms with E-state index in [9.17, 15) is 19.7 Å². The minimum Gasteiger partial charge on any atom is -0.493 e. The average molecular weight is 481 g/mol. The number of benzene rings is 4. The number of rotatable bonds is 7. The summed E-state index contributed by atoms with van der Waals surface area (Å²) in [7, 11) is 1.51. The molecule has 0 aliphatic carbocycles. The maximum atomic E-state index is 13.1. The Morgan fingerprint density at radius 1 is 0.917 bits per heavy atom. The van der Waals surface area contributed by atoms with Gasteiger partial charge in [0.05, 0.1) is 34.8 Å². The van der Waals surface area contributed by atoms with Gasteiger partial charge in [-0.3, -0.25) is 19.7 Å². The number of nitro groups is 1. The summed E-state index contributed by atoms with van der Waals surface area (Å²) in [6.07, 6.45) is 1.37. The molecule has 1 aliphatic rings. The number of nitrogens with zero attached hydrogens (tertiary/aromatic N) is 3. The van der Waals surface area contributed by atoms with Gasteiger partial charge in [-0.25, -0.2) is 0 Å². The van der Waals surface area contributed by atoms with Gasteiger partial charge in [0.25, 0.3) is 17.5 Å². The molecule has 0 bridgehead atoms. The van der Waals surface area contributed by atoms with Crippen molar-refractivity contribution in [2.24, 2.45) is 5.10 Å². The number of hydrogen-bond acceptors (Lipinski definition) is 7. The zero-order valence-corrected chi connectivity index (χ0v) is 19.1. The van der Waals surface area contributed by atoms with E-state index < -0.39 is 16.7 Å². The number of amides is 2. The van der Waals surface area contributed by atoms with Crippen molar-refractivity contribution < 1.29 is 24.0 Å². The number of imide groups is 1. The second kappa shape index (κ2) is 9.30. The van der Waals surface area contributed by atoms with Crippen LogP contribution in [-0.2, 0) is 6.61 Å². The van der Waals surface area contributed by atoms with E-state index in [0.29, 0.717) is 23.7 Å². The van der Waals surface area contributed by atoms with Gasteiger partial charge in [-0.05, 0) is 47.5 Å². The van der Waals surface area contributed by atoms with E-state index in [4.69, 9.17) is 9.47 Å². The number of carbonyl (C=O) groups excluding carboxylic acids is 2. The van der Waals surface area contributed by atoms with Crippen molar-refractivity contribution in [2.75, 3.05) is 7.11 Å². The minimum absolute atomic E-state index is 0.171. The maximum Gasteiger partial charge on any atom is 0.282 e. The molecule has 178 valence electrons. The lowest BCUT2D eigenvalue weighted by Gasteiger charge is -2.23. The molecule has 1 aliphatic heterocycles. The van der Waals surface area contributed by atoms with Gasteiger partial charge in [-0.1, -0.05) is 36.4 Å². The van der Waals surface area contributed by atoms with Crippen LogP contribution < -0.4 is 9.47 Å². The highest BCUT2D eigenvalue weighted by molar-refractivity contribution is 6.26. The molecule has 0 radical (unpaired) electrons. The Labute approximate surface area is 205 Å². The van der Waals surface area contributed by atoms with E-state index in [-0.39, 0.29) is 27.6 Å².